The topological polar surface area (TPSA) is 61.2 Å². The number of carbonyl (C=O) groups excluding carboxylic acids is 2. The molecule has 0 aliphatic carbocycles. The molecule has 110 valence electrons. The van der Waals surface area contributed by atoms with Gasteiger partial charge in [-0.25, -0.2) is 4.79 Å². The van der Waals surface area contributed by atoms with Crippen molar-refractivity contribution in [3.05, 3.63) is 52.3 Å². The molecule has 1 aromatic carbocycles. The van der Waals surface area contributed by atoms with Crippen LogP contribution in [-0.4, -0.2) is 28.1 Å². The second-order valence-corrected chi connectivity index (χ2v) is 4.92. The minimum atomic E-state index is -0.484. The van der Waals surface area contributed by atoms with Gasteiger partial charge in [0.25, 0.3) is 0 Å². The number of ether oxygens (including phenoxy) is 1. The minimum Gasteiger partial charge on any atom is -0.461 e. The number of esters is 1. The maximum absolute atomic E-state index is 12.2. The first kappa shape index (κ1) is 15.3. The highest BCUT2D eigenvalue weighted by atomic mass is 35.5. The number of ketones is 1. The molecule has 0 unspecified atom stereocenters. The van der Waals surface area contributed by atoms with Crippen LogP contribution in [0, 0.1) is 6.92 Å². The lowest BCUT2D eigenvalue weighted by molar-refractivity contribution is 0.0512. The molecule has 0 bridgehead atoms. The number of rotatable bonds is 5. The highest BCUT2D eigenvalue weighted by molar-refractivity contribution is 6.30. The number of hydrogen-bond donors (Lipinski definition) is 0. The largest absolute Gasteiger partial charge is 0.461 e. The summed E-state index contributed by atoms with van der Waals surface area (Å²) >= 11 is 5.79. The fourth-order valence-electron chi connectivity index (χ4n) is 1.90. The van der Waals surface area contributed by atoms with Crippen molar-refractivity contribution in [3.8, 4) is 0 Å². The summed E-state index contributed by atoms with van der Waals surface area (Å²) in [4.78, 5) is 24.0. The van der Waals surface area contributed by atoms with E-state index < -0.39 is 5.97 Å². The van der Waals surface area contributed by atoms with Gasteiger partial charge in [-0.15, -0.1) is 0 Å². The van der Waals surface area contributed by atoms with E-state index in [9.17, 15) is 9.59 Å². The molecule has 0 aliphatic rings. The molecule has 0 fully saturated rings. The maximum atomic E-state index is 12.2. The Morgan fingerprint density at radius 2 is 1.95 bits per heavy atom. The molecular formula is C15H15ClN2O3. The van der Waals surface area contributed by atoms with Gasteiger partial charge in [0.2, 0.25) is 0 Å². The first-order valence-electron chi connectivity index (χ1n) is 6.51. The molecule has 0 aliphatic heterocycles. The Labute approximate surface area is 127 Å². The van der Waals surface area contributed by atoms with Crippen LogP contribution in [0.2, 0.25) is 5.02 Å². The molecule has 6 heteroatoms. The van der Waals surface area contributed by atoms with Crippen molar-refractivity contribution >= 4 is 23.4 Å². The Bertz CT molecular complexity index is 662. The molecule has 0 amide bonds. The quantitative estimate of drug-likeness (QED) is 0.629. The van der Waals surface area contributed by atoms with Crippen molar-refractivity contribution in [2.75, 3.05) is 6.61 Å². The zero-order chi connectivity index (χ0) is 15.4. The van der Waals surface area contributed by atoms with Gasteiger partial charge in [0, 0.05) is 10.6 Å². The van der Waals surface area contributed by atoms with E-state index in [0.29, 0.717) is 16.3 Å². The van der Waals surface area contributed by atoms with E-state index in [1.807, 2.05) is 0 Å². The molecule has 0 spiro atoms. The number of halogens is 1. The van der Waals surface area contributed by atoms with Crippen molar-refractivity contribution in [3.63, 3.8) is 0 Å². The number of aromatic nitrogens is 2. The van der Waals surface area contributed by atoms with Gasteiger partial charge in [-0.05, 0) is 44.2 Å². The van der Waals surface area contributed by atoms with Crippen LogP contribution in [0.1, 0.15) is 33.5 Å². The van der Waals surface area contributed by atoms with Crippen molar-refractivity contribution in [2.45, 2.75) is 20.4 Å². The summed E-state index contributed by atoms with van der Waals surface area (Å²) in [5.41, 5.74) is 1.45. The molecule has 0 saturated carbocycles. The van der Waals surface area contributed by atoms with Gasteiger partial charge >= 0.3 is 5.97 Å². The summed E-state index contributed by atoms with van der Waals surface area (Å²) in [6, 6.07) is 8.19. The Morgan fingerprint density at radius 3 is 2.57 bits per heavy atom. The van der Waals surface area contributed by atoms with Gasteiger partial charge in [-0.2, -0.15) is 5.10 Å². The molecular weight excluding hydrogens is 292 g/mol. The molecule has 1 aromatic heterocycles. The average molecular weight is 307 g/mol. The monoisotopic (exact) mass is 306 g/mol. The summed E-state index contributed by atoms with van der Waals surface area (Å²) in [6.07, 6.45) is 0. The fraction of sp³-hybridized carbons (Fsp3) is 0.267. The van der Waals surface area contributed by atoms with Crippen molar-refractivity contribution < 1.29 is 14.3 Å². The third kappa shape index (κ3) is 3.70. The smallest absolute Gasteiger partial charge is 0.356 e. The SMILES string of the molecule is CCOC(=O)c1cc(C)nn1CC(=O)c1ccc(Cl)cc1. The molecule has 0 N–H and O–H groups in total. The molecule has 5 nitrogen and oxygen atoms in total. The molecule has 0 atom stereocenters. The third-order valence-corrected chi connectivity index (χ3v) is 3.10. The van der Waals surface area contributed by atoms with Crippen LogP contribution in [0.15, 0.2) is 30.3 Å². The Morgan fingerprint density at radius 1 is 1.29 bits per heavy atom. The second-order valence-electron chi connectivity index (χ2n) is 4.48. The van der Waals surface area contributed by atoms with Crippen LogP contribution in [0.4, 0.5) is 0 Å². The van der Waals surface area contributed by atoms with Gasteiger partial charge in [0.1, 0.15) is 12.2 Å². The van der Waals surface area contributed by atoms with Gasteiger partial charge in [0.15, 0.2) is 5.78 Å². The predicted molar refractivity (Wildman–Crippen MR) is 78.7 cm³/mol. The number of Topliss-reactive ketones (excluding diaryl/α,β-unsaturated/α-hetero) is 1. The molecule has 2 aromatic rings. The summed E-state index contributed by atoms with van der Waals surface area (Å²) in [6.45, 7) is 3.73. The lowest BCUT2D eigenvalue weighted by Gasteiger charge is -2.06. The maximum Gasteiger partial charge on any atom is 0.356 e. The van der Waals surface area contributed by atoms with Crippen molar-refractivity contribution in [1.82, 2.24) is 9.78 Å². The zero-order valence-corrected chi connectivity index (χ0v) is 12.6. The van der Waals surface area contributed by atoms with Crippen LogP contribution >= 0.6 is 11.6 Å². The number of benzene rings is 1. The molecule has 0 radical (unpaired) electrons. The van der Waals surface area contributed by atoms with E-state index in [-0.39, 0.29) is 24.6 Å². The number of carbonyl (C=O) groups is 2. The molecule has 0 saturated heterocycles. The molecule has 2 rings (SSSR count). The van der Waals surface area contributed by atoms with Gasteiger partial charge in [-0.3, -0.25) is 9.48 Å². The first-order chi connectivity index (χ1) is 10.0. The lowest BCUT2D eigenvalue weighted by atomic mass is 10.1. The van der Waals surface area contributed by atoms with Crippen molar-refractivity contribution in [1.29, 1.82) is 0 Å². The standard InChI is InChI=1S/C15H15ClN2O3/c1-3-21-15(20)13-8-10(2)17-18(13)9-14(19)11-4-6-12(16)7-5-11/h4-8H,3,9H2,1-2H3. The van der Waals surface area contributed by atoms with E-state index >= 15 is 0 Å². The predicted octanol–water partition coefficient (Wildman–Crippen LogP) is 2.90. The van der Waals surface area contributed by atoms with Crippen LogP contribution in [-0.2, 0) is 11.3 Å². The van der Waals surface area contributed by atoms with Gasteiger partial charge < -0.3 is 4.74 Å². The lowest BCUT2D eigenvalue weighted by Crippen LogP contribution is -2.18. The highest BCUT2D eigenvalue weighted by Gasteiger charge is 2.17. The van der Waals surface area contributed by atoms with E-state index in [1.165, 1.54) is 4.68 Å². The Hall–Kier alpha value is -2.14. The number of nitrogens with zero attached hydrogens (tertiary/aromatic N) is 2. The first-order valence-corrected chi connectivity index (χ1v) is 6.89. The summed E-state index contributed by atoms with van der Waals surface area (Å²) in [7, 11) is 0. The van der Waals surface area contributed by atoms with Crippen LogP contribution in [0.25, 0.3) is 0 Å². The summed E-state index contributed by atoms with van der Waals surface area (Å²) < 4.78 is 6.32. The number of hydrogen-bond acceptors (Lipinski definition) is 4. The second kappa shape index (κ2) is 6.54. The van der Waals surface area contributed by atoms with Gasteiger partial charge in [-0.1, -0.05) is 11.6 Å². The van der Waals surface area contributed by atoms with E-state index in [2.05, 4.69) is 5.10 Å². The average Bonchev–Trinajstić information content (AvgIpc) is 2.80. The van der Waals surface area contributed by atoms with Crippen molar-refractivity contribution in [2.24, 2.45) is 0 Å². The van der Waals surface area contributed by atoms with E-state index in [0.717, 1.165) is 0 Å². The zero-order valence-electron chi connectivity index (χ0n) is 11.8. The highest BCUT2D eigenvalue weighted by Crippen LogP contribution is 2.12. The summed E-state index contributed by atoms with van der Waals surface area (Å²) in [5, 5.41) is 4.73. The van der Waals surface area contributed by atoms with Crippen LogP contribution < -0.4 is 0 Å². The van der Waals surface area contributed by atoms with Crippen LogP contribution in [0.3, 0.4) is 0 Å². The minimum absolute atomic E-state index is 0.0242. The Kier molecular flexibility index (Phi) is 4.75. The Balaban J connectivity index is 2.21. The third-order valence-electron chi connectivity index (χ3n) is 2.85. The normalized spacial score (nSPS) is 10.4. The fourth-order valence-corrected chi connectivity index (χ4v) is 2.02. The molecule has 21 heavy (non-hydrogen) atoms. The van der Waals surface area contributed by atoms with E-state index in [1.54, 1.807) is 44.2 Å². The van der Waals surface area contributed by atoms with Crippen LogP contribution in [0.5, 0.6) is 0 Å². The summed E-state index contributed by atoms with van der Waals surface area (Å²) in [5.74, 6) is -0.637. The number of aryl methyl sites for hydroxylation is 1. The van der Waals surface area contributed by atoms with E-state index in [4.69, 9.17) is 16.3 Å². The molecule has 1 heterocycles. The van der Waals surface area contributed by atoms with Gasteiger partial charge in [0.05, 0.1) is 12.3 Å².